The van der Waals surface area contributed by atoms with Gasteiger partial charge in [0.25, 0.3) is 0 Å². The van der Waals surface area contributed by atoms with Gasteiger partial charge in [-0.1, -0.05) is 0 Å². The van der Waals surface area contributed by atoms with E-state index in [1.165, 1.54) is 15.7 Å². The van der Waals surface area contributed by atoms with Gasteiger partial charge in [0.05, 0.1) is 6.54 Å². The Labute approximate surface area is 76.4 Å². The van der Waals surface area contributed by atoms with E-state index >= 15 is 0 Å². The first-order chi connectivity index (χ1) is 6.27. The van der Waals surface area contributed by atoms with Crippen LogP contribution < -0.4 is 11.0 Å². The minimum absolute atomic E-state index is 0.0336. The van der Waals surface area contributed by atoms with Crippen LogP contribution in [0.4, 0.5) is 0 Å². The van der Waals surface area contributed by atoms with E-state index < -0.39 is 0 Å². The topological polar surface area (TPSA) is 51.9 Å². The van der Waals surface area contributed by atoms with Crippen molar-refractivity contribution in [2.75, 3.05) is 6.54 Å². The molecule has 1 saturated heterocycles. The summed E-state index contributed by atoms with van der Waals surface area (Å²) in [4.78, 5) is 11.4. The maximum atomic E-state index is 11.4. The summed E-state index contributed by atoms with van der Waals surface area (Å²) in [6.45, 7) is 1.76. The van der Waals surface area contributed by atoms with Gasteiger partial charge in [0.1, 0.15) is 6.33 Å². The molecule has 2 rings (SSSR count). The number of hydrogen-bond acceptors (Lipinski definition) is 3. The Morgan fingerprint density at radius 1 is 1.77 bits per heavy atom. The summed E-state index contributed by atoms with van der Waals surface area (Å²) in [6, 6.07) is 0.424. The van der Waals surface area contributed by atoms with Crippen molar-refractivity contribution in [2.24, 2.45) is 7.05 Å². The second-order valence-corrected chi connectivity index (χ2v) is 3.50. The zero-order valence-corrected chi connectivity index (χ0v) is 7.73. The normalized spacial score (nSPS) is 22.4. The molecule has 0 aromatic carbocycles. The standard InChI is InChI=1S/C8H14N4O/c1-11-6-10-12(8(11)13)5-7-3-2-4-9-7/h6-7,9H,2-5H2,1H3/t7-/m1/s1. The number of nitrogens with zero attached hydrogens (tertiary/aromatic N) is 3. The highest BCUT2D eigenvalue weighted by Gasteiger charge is 2.15. The molecule has 0 aliphatic carbocycles. The third-order valence-corrected chi connectivity index (χ3v) is 2.44. The van der Waals surface area contributed by atoms with Crippen molar-refractivity contribution in [1.29, 1.82) is 0 Å². The van der Waals surface area contributed by atoms with Gasteiger partial charge in [-0.3, -0.25) is 4.57 Å². The molecule has 5 heteroatoms. The van der Waals surface area contributed by atoms with Crippen LogP contribution in [0.2, 0.25) is 0 Å². The van der Waals surface area contributed by atoms with Gasteiger partial charge >= 0.3 is 5.69 Å². The molecule has 1 aliphatic rings. The van der Waals surface area contributed by atoms with Crippen molar-refractivity contribution in [3.8, 4) is 0 Å². The average molecular weight is 182 g/mol. The first-order valence-electron chi connectivity index (χ1n) is 4.59. The zero-order chi connectivity index (χ0) is 9.26. The molecule has 1 aromatic heterocycles. The summed E-state index contributed by atoms with van der Waals surface area (Å²) in [5, 5.41) is 7.34. The highest BCUT2D eigenvalue weighted by Crippen LogP contribution is 2.05. The monoisotopic (exact) mass is 182 g/mol. The molecule has 1 aliphatic heterocycles. The molecule has 0 unspecified atom stereocenters. The maximum Gasteiger partial charge on any atom is 0.345 e. The SMILES string of the molecule is Cn1cnn(C[C@H]2CCCN2)c1=O. The number of aromatic nitrogens is 3. The van der Waals surface area contributed by atoms with Crippen molar-refractivity contribution < 1.29 is 0 Å². The van der Waals surface area contributed by atoms with Gasteiger partial charge in [0, 0.05) is 13.1 Å². The van der Waals surface area contributed by atoms with Gasteiger partial charge in [-0.15, -0.1) is 0 Å². The van der Waals surface area contributed by atoms with Crippen LogP contribution in [-0.2, 0) is 13.6 Å². The van der Waals surface area contributed by atoms with Crippen molar-refractivity contribution in [3.63, 3.8) is 0 Å². The Balaban J connectivity index is 2.09. The van der Waals surface area contributed by atoms with Crippen LogP contribution in [0.5, 0.6) is 0 Å². The fraction of sp³-hybridized carbons (Fsp3) is 0.750. The molecule has 5 nitrogen and oxygen atoms in total. The first-order valence-corrected chi connectivity index (χ1v) is 4.59. The van der Waals surface area contributed by atoms with E-state index in [1.807, 2.05) is 0 Å². The lowest BCUT2D eigenvalue weighted by Crippen LogP contribution is -2.33. The maximum absolute atomic E-state index is 11.4. The van der Waals surface area contributed by atoms with Crippen LogP contribution in [0, 0.1) is 0 Å². The second-order valence-electron chi connectivity index (χ2n) is 3.50. The van der Waals surface area contributed by atoms with Crippen LogP contribution in [0.25, 0.3) is 0 Å². The fourth-order valence-electron chi connectivity index (χ4n) is 1.67. The summed E-state index contributed by atoms with van der Waals surface area (Å²) in [7, 11) is 1.72. The zero-order valence-electron chi connectivity index (χ0n) is 7.73. The molecular weight excluding hydrogens is 168 g/mol. The molecule has 1 atom stereocenters. The molecule has 13 heavy (non-hydrogen) atoms. The molecule has 1 aromatic rings. The summed E-state index contributed by atoms with van der Waals surface area (Å²) >= 11 is 0. The molecule has 2 heterocycles. The predicted molar refractivity (Wildman–Crippen MR) is 48.5 cm³/mol. The molecule has 1 fully saturated rings. The highest BCUT2D eigenvalue weighted by atomic mass is 16.2. The van der Waals surface area contributed by atoms with Crippen LogP contribution in [0.1, 0.15) is 12.8 Å². The van der Waals surface area contributed by atoms with Crippen LogP contribution in [-0.4, -0.2) is 26.9 Å². The van der Waals surface area contributed by atoms with E-state index in [1.54, 1.807) is 13.4 Å². The van der Waals surface area contributed by atoms with E-state index in [2.05, 4.69) is 10.4 Å². The molecule has 72 valence electrons. The largest absolute Gasteiger partial charge is 0.345 e. The lowest BCUT2D eigenvalue weighted by molar-refractivity contribution is 0.463. The van der Waals surface area contributed by atoms with Gasteiger partial charge < -0.3 is 5.32 Å². The van der Waals surface area contributed by atoms with E-state index in [0.29, 0.717) is 12.6 Å². The quantitative estimate of drug-likeness (QED) is 0.660. The molecule has 0 amide bonds. The third kappa shape index (κ3) is 1.65. The Bertz CT molecular complexity index is 334. The summed E-state index contributed by atoms with van der Waals surface area (Å²) in [5.74, 6) is 0. The Morgan fingerprint density at radius 2 is 2.62 bits per heavy atom. The number of aryl methyl sites for hydroxylation is 1. The molecule has 0 saturated carbocycles. The number of rotatable bonds is 2. The Hall–Kier alpha value is -1.10. The van der Waals surface area contributed by atoms with Gasteiger partial charge in [0.2, 0.25) is 0 Å². The highest BCUT2D eigenvalue weighted by molar-refractivity contribution is 4.76. The minimum Gasteiger partial charge on any atom is -0.312 e. The van der Waals surface area contributed by atoms with E-state index in [0.717, 1.165) is 13.0 Å². The lowest BCUT2D eigenvalue weighted by Gasteiger charge is -2.07. The van der Waals surface area contributed by atoms with Crippen molar-refractivity contribution in [2.45, 2.75) is 25.4 Å². The van der Waals surface area contributed by atoms with Crippen molar-refractivity contribution in [1.82, 2.24) is 19.7 Å². The molecule has 0 spiro atoms. The minimum atomic E-state index is -0.0336. The smallest absolute Gasteiger partial charge is 0.312 e. The van der Waals surface area contributed by atoms with E-state index in [4.69, 9.17) is 0 Å². The molecule has 0 radical (unpaired) electrons. The number of hydrogen-bond donors (Lipinski definition) is 1. The van der Waals surface area contributed by atoms with Gasteiger partial charge in [-0.05, 0) is 19.4 Å². The Morgan fingerprint density at radius 3 is 3.15 bits per heavy atom. The van der Waals surface area contributed by atoms with Gasteiger partial charge in [-0.2, -0.15) is 5.10 Å². The first kappa shape index (κ1) is 8.50. The van der Waals surface area contributed by atoms with E-state index in [9.17, 15) is 4.79 Å². The third-order valence-electron chi connectivity index (χ3n) is 2.44. The molecule has 0 bridgehead atoms. The molecular formula is C8H14N4O. The Kier molecular flexibility index (Phi) is 2.18. The fourth-order valence-corrected chi connectivity index (χ4v) is 1.67. The number of nitrogens with one attached hydrogen (secondary N) is 1. The van der Waals surface area contributed by atoms with Crippen molar-refractivity contribution in [3.05, 3.63) is 16.8 Å². The lowest BCUT2D eigenvalue weighted by atomic mass is 10.2. The predicted octanol–water partition coefficient (Wildman–Crippen LogP) is -0.666. The van der Waals surface area contributed by atoms with Crippen LogP contribution in [0.15, 0.2) is 11.1 Å². The summed E-state index contributed by atoms with van der Waals surface area (Å²) < 4.78 is 3.01. The van der Waals surface area contributed by atoms with Gasteiger partial charge in [-0.25, -0.2) is 9.48 Å². The average Bonchev–Trinajstić information content (AvgIpc) is 2.71. The van der Waals surface area contributed by atoms with Crippen molar-refractivity contribution >= 4 is 0 Å². The van der Waals surface area contributed by atoms with Crippen LogP contribution >= 0.6 is 0 Å². The van der Waals surface area contributed by atoms with Gasteiger partial charge in [0.15, 0.2) is 0 Å². The molecule has 1 N–H and O–H groups in total. The second kappa shape index (κ2) is 3.33. The summed E-state index contributed by atoms with van der Waals surface area (Å²) in [6.07, 6.45) is 3.90. The van der Waals surface area contributed by atoms with E-state index in [-0.39, 0.29) is 5.69 Å². The summed E-state index contributed by atoms with van der Waals surface area (Å²) in [5.41, 5.74) is -0.0336. The van der Waals surface area contributed by atoms with Crippen LogP contribution in [0.3, 0.4) is 0 Å².